The second kappa shape index (κ2) is 3.66. The van der Waals surface area contributed by atoms with Crippen LogP contribution in [0.3, 0.4) is 0 Å². The SMILES string of the molecule is Cc1ccc2ccc(OC(F)(F)F)cc2n1. The Morgan fingerprint density at radius 3 is 2.50 bits per heavy atom. The molecule has 1 aromatic carbocycles. The van der Waals surface area contributed by atoms with E-state index in [4.69, 9.17) is 0 Å². The summed E-state index contributed by atoms with van der Waals surface area (Å²) in [4.78, 5) is 4.12. The molecule has 0 radical (unpaired) electrons. The molecule has 2 aromatic rings. The molecular formula is C11H8F3NO. The largest absolute Gasteiger partial charge is 0.573 e. The van der Waals surface area contributed by atoms with Crippen LogP contribution in [0.15, 0.2) is 30.3 Å². The van der Waals surface area contributed by atoms with Gasteiger partial charge in [-0.05, 0) is 25.1 Å². The maximum Gasteiger partial charge on any atom is 0.573 e. The lowest BCUT2D eigenvalue weighted by Gasteiger charge is -2.09. The summed E-state index contributed by atoms with van der Waals surface area (Å²) in [6.45, 7) is 1.77. The van der Waals surface area contributed by atoms with Gasteiger partial charge in [0.1, 0.15) is 5.75 Å². The molecule has 0 fully saturated rings. The first-order chi connectivity index (χ1) is 7.44. The average Bonchev–Trinajstić information content (AvgIpc) is 2.14. The van der Waals surface area contributed by atoms with Crippen LogP contribution < -0.4 is 4.74 Å². The monoisotopic (exact) mass is 227 g/mol. The third kappa shape index (κ3) is 2.42. The fourth-order valence-corrected chi connectivity index (χ4v) is 1.40. The minimum absolute atomic E-state index is 0.252. The van der Waals surface area contributed by atoms with E-state index in [-0.39, 0.29) is 5.75 Å². The third-order valence-corrected chi connectivity index (χ3v) is 2.04. The van der Waals surface area contributed by atoms with Gasteiger partial charge >= 0.3 is 6.36 Å². The van der Waals surface area contributed by atoms with Crippen LogP contribution in [-0.4, -0.2) is 11.3 Å². The van der Waals surface area contributed by atoms with E-state index in [9.17, 15) is 13.2 Å². The molecule has 0 N–H and O–H groups in total. The molecule has 1 aromatic heterocycles. The summed E-state index contributed by atoms with van der Waals surface area (Å²) in [7, 11) is 0. The van der Waals surface area contributed by atoms with Crippen molar-refractivity contribution in [1.82, 2.24) is 4.98 Å². The molecule has 84 valence electrons. The highest BCUT2D eigenvalue weighted by Crippen LogP contribution is 2.25. The normalized spacial score (nSPS) is 11.8. The summed E-state index contributed by atoms with van der Waals surface area (Å²) in [5, 5.41) is 0.778. The van der Waals surface area contributed by atoms with Crippen LogP contribution in [0.2, 0.25) is 0 Å². The molecule has 0 aliphatic heterocycles. The van der Waals surface area contributed by atoms with Gasteiger partial charge in [-0.1, -0.05) is 6.07 Å². The fourth-order valence-electron chi connectivity index (χ4n) is 1.40. The van der Waals surface area contributed by atoms with E-state index >= 15 is 0 Å². The van der Waals surface area contributed by atoms with Gasteiger partial charge in [0.15, 0.2) is 0 Å². The quantitative estimate of drug-likeness (QED) is 0.744. The van der Waals surface area contributed by atoms with Gasteiger partial charge in [-0.15, -0.1) is 13.2 Å². The third-order valence-electron chi connectivity index (χ3n) is 2.04. The van der Waals surface area contributed by atoms with Crippen LogP contribution in [0.1, 0.15) is 5.69 Å². The van der Waals surface area contributed by atoms with E-state index in [0.29, 0.717) is 5.52 Å². The number of halogens is 3. The van der Waals surface area contributed by atoms with Crippen LogP contribution in [0.5, 0.6) is 5.75 Å². The van der Waals surface area contributed by atoms with Crippen LogP contribution in [0.4, 0.5) is 13.2 Å². The highest BCUT2D eigenvalue weighted by molar-refractivity contribution is 5.80. The predicted molar refractivity (Wildman–Crippen MR) is 53.2 cm³/mol. The van der Waals surface area contributed by atoms with Crippen molar-refractivity contribution in [2.24, 2.45) is 0 Å². The Kier molecular flexibility index (Phi) is 2.46. The number of alkyl halides is 3. The van der Waals surface area contributed by atoms with Crippen molar-refractivity contribution in [3.63, 3.8) is 0 Å². The number of rotatable bonds is 1. The van der Waals surface area contributed by atoms with E-state index in [1.165, 1.54) is 12.1 Å². The number of nitrogens with zero attached hydrogens (tertiary/aromatic N) is 1. The number of hydrogen-bond acceptors (Lipinski definition) is 2. The Bertz CT molecular complexity index is 522. The van der Waals surface area contributed by atoms with Crippen LogP contribution in [0, 0.1) is 6.92 Å². The topological polar surface area (TPSA) is 22.1 Å². The molecule has 1 heterocycles. The Morgan fingerprint density at radius 2 is 1.81 bits per heavy atom. The zero-order valence-electron chi connectivity index (χ0n) is 8.38. The van der Waals surface area contributed by atoms with Crippen molar-refractivity contribution in [3.05, 3.63) is 36.0 Å². The summed E-state index contributed by atoms with van der Waals surface area (Å²) >= 11 is 0. The van der Waals surface area contributed by atoms with E-state index in [1.807, 2.05) is 0 Å². The van der Waals surface area contributed by atoms with Crippen LogP contribution in [-0.2, 0) is 0 Å². The van der Waals surface area contributed by atoms with Gasteiger partial charge in [0, 0.05) is 17.1 Å². The van der Waals surface area contributed by atoms with Gasteiger partial charge in [0.05, 0.1) is 5.52 Å². The van der Waals surface area contributed by atoms with Crippen LogP contribution >= 0.6 is 0 Å². The standard InChI is InChI=1S/C11H8F3NO/c1-7-2-3-8-4-5-9(6-10(8)15-7)16-11(12,13)14/h2-6H,1H3. The lowest BCUT2D eigenvalue weighted by molar-refractivity contribution is -0.274. The summed E-state index contributed by atoms with van der Waals surface area (Å²) < 4.78 is 39.7. The molecule has 0 saturated carbocycles. The summed E-state index contributed by atoms with van der Waals surface area (Å²) in [6, 6.07) is 7.69. The number of aromatic nitrogens is 1. The van der Waals surface area contributed by atoms with Crippen molar-refractivity contribution in [3.8, 4) is 5.75 Å². The van der Waals surface area contributed by atoms with Gasteiger partial charge in [-0.2, -0.15) is 0 Å². The average molecular weight is 227 g/mol. The van der Waals surface area contributed by atoms with Gasteiger partial charge in [0.2, 0.25) is 0 Å². The predicted octanol–water partition coefficient (Wildman–Crippen LogP) is 3.44. The lowest BCUT2D eigenvalue weighted by atomic mass is 10.2. The van der Waals surface area contributed by atoms with Gasteiger partial charge < -0.3 is 4.74 Å². The molecule has 16 heavy (non-hydrogen) atoms. The maximum absolute atomic E-state index is 12.0. The van der Waals surface area contributed by atoms with E-state index in [1.54, 1.807) is 25.1 Å². The zero-order chi connectivity index (χ0) is 11.8. The molecule has 0 aliphatic carbocycles. The molecular weight excluding hydrogens is 219 g/mol. The Hall–Kier alpha value is -1.78. The number of fused-ring (bicyclic) bond motifs is 1. The second-order valence-electron chi connectivity index (χ2n) is 3.35. The van der Waals surface area contributed by atoms with Gasteiger partial charge in [-0.25, -0.2) is 0 Å². The molecule has 0 spiro atoms. The molecule has 0 saturated heterocycles. The molecule has 5 heteroatoms. The zero-order valence-corrected chi connectivity index (χ0v) is 8.38. The van der Waals surface area contributed by atoms with Crippen molar-refractivity contribution in [1.29, 1.82) is 0 Å². The summed E-state index contributed by atoms with van der Waals surface area (Å²) in [6.07, 6.45) is -4.67. The second-order valence-corrected chi connectivity index (χ2v) is 3.35. The van der Waals surface area contributed by atoms with Crippen LogP contribution in [0.25, 0.3) is 10.9 Å². The molecule has 0 aliphatic rings. The van der Waals surface area contributed by atoms with Crippen molar-refractivity contribution in [2.45, 2.75) is 13.3 Å². The summed E-state index contributed by atoms with van der Waals surface area (Å²) in [5.41, 5.74) is 1.23. The number of ether oxygens (including phenoxy) is 1. The molecule has 0 unspecified atom stereocenters. The highest BCUT2D eigenvalue weighted by atomic mass is 19.4. The Labute approximate surface area is 89.7 Å². The number of pyridine rings is 1. The minimum Gasteiger partial charge on any atom is -0.406 e. The van der Waals surface area contributed by atoms with E-state index in [0.717, 1.165) is 11.1 Å². The van der Waals surface area contributed by atoms with E-state index in [2.05, 4.69) is 9.72 Å². The first kappa shape index (κ1) is 10.7. The number of aryl methyl sites for hydroxylation is 1. The first-order valence-electron chi connectivity index (χ1n) is 4.57. The highest BCUT2D eigenvalue weighted by Gasteiger charge is 2.31. The Balaban J connectivity index is 2.43. The number of benzene rings is 1. The lowest BCUT2D eigenvalue weighted by Crippen LogP contribution is -2.17. The Morgan fingerprint density at radius 1 is 1.12 bits per heavy atom. The van der Waals surface area contributed by atoms with Gasteiger partial charge in [-0.3, -0.25) is 4.98 Å². The first-order valence-corrected chi connectivity index (χ1v) is 4.57. The molecule has 2 nitrogen and oxygen atoms in total. The fraction of sp³-hybridized carbons (Fsp3) is 0.182. The maximum atomic E-state index is 12.0. The smallest absolute Gasteiger partial charge is 0.406 e. The van der Waals surface area contributed by atoms with Crippen molar-refractivity contribution in [2.75, 3.05) is 0 Å². The molecule has 0 bridgehead atoms. The van der Waals surface area contributed by atoms with Gasteiger partial charge in [0.25, 0.3) is 0 Å². The molecule has 0 atom stereocenters. The van der Waals surface area contributed by atoms with Crippen molar-refractivity contribution >= 4 is 10.9 Å². The minimum atomic E-state index is -4.67. The number of hydrogen-bond donors (Lipinski definition) is 0. The van der Waals surface area contributed by atoms with E-state index < -0.39 is 6.36 Å². The molecule has 0 amide bonds. The summed E-state index contributed by atoms with van der Waals surface area (Å²) in [5.74, 6) is -0.252. The van der Waals surface area contributed by atoms with Crippen molar-refractivity contribution < 1.29 is 17.9 Å². The molecule has 2 rings (SSSR count).